The number of ether oxygens (including phenoxy) is 1. The molecule has 122 valence electrons. The molecule has 1 unspecified atom stereocenters. The lowest BCUT2D eigenvalue weighted by Crippen LogP contribution is -2.38. The number of hydrogen-bond acceptors (Lipinski definition) is 5. The summed E-state index contributed by atoms with van der Waals surface area (Å²) >= 11 is 0. The van der Waals surface area contributed by atoms with Gasteiger partial charge in [-0.2, -0.15) is 21.6 Å². The van der Waals surface area contributed by atoms with Crippen molar-refractivity contribution in [2.24, 2.45) is 0 Å². The van der Waals surface area contributed by atoms with E-state index in [1.165, 1.54) is 6.08 Å². The molecule has 0 aliphatic heterocycles. The van der Waals surface area contributed by atoms with Gasteiger partial charge in [-0.25, -0.2) is 4.79 Å². The zero-order valence-electron chi connectivity index (χ0n) is 11.7. The maximum absolute atomic E-state index is 12.1. The fourth-order valence-electron chi connectivity index (χ4n) is 1.52. The molecular formula is C11H16F3NO5S. The van der Waals surface area contributed by atoms with E-state index in [2.05, 4.69) is 9.50 Å². The van der Waals surface area contributed by atoms with E-state index in [4.69, 9.17) is 4.74 Å². The molecule has 1 atom stereocenters. The number of halogens is 3. The van der Waals surface area contributed by atoms with Crippen molar-refractivity contribution in [3.8, 4) is 0 Å². The first-order valence-corrected chi connectivity index (χ1v) is 7.40. The van der Waals surface area contributed by atoms with Crippen molar-refractivity contribution in [1.29, 1.82) is 0 Å². The minimum absolute atomic E-state index is 0.155. The Morgan fingerprint density at radius 1 is 1.33 bits per heavy atom. The van der Waals surface area contributed by atoms with Crippen LogP contribution in [-0.2, 0) is 19.0 Å². The van der Waals surface area contributed by atoms with Crippen LogP contribution in [0.15, 0.2) is 11.8 Å². The van der Waals surface area contributed by atoms with E-state index in [1.807, 2.05) is 0 Å². The number of rotatable bonds is 3. The molecule has 21 heavy (non-hydrogen) atoms. The zero-order chi connectivity index (χ0) is 16.5. The Hall–Kier alpha value is -1.45. The number of amides is 1. The molecular weight excluding hydrogens is 315 g/mol. The third kappa shape index (κ3) is 5.44. The molecule has 1 amide bonds. The van der Waals surface area contributed by atoms with E-state index < -0.39 is 33.4 Å². The predicted molar refractivity (Wildman–Crippen MR) is 66.5 cm³/mol. The number of alkyl carbamates (subject to hydrolysis) is 1. The van der Waals surface area contributed by atoms with Crippen LogP contribution in [0.1, 0.15) is 33.6 Å². The van der Waals surface area contributed by atoms with E-state index in [0.717, 1.165) is 0 Å². The Morgan fingerprint density at radius 3 is 2.38 bits per heavy atom. The predicted octanol–water partition coefficient (Wildman–Crippen LogP) is 2.42. The van der Waals surface area contributed by atoms with E-state index in [9.17, 15) is 26.4 Å². The first kappa shape index (κ1) is 17.6. The largest absolute Gasteiger partial charge is 0.534 e. The van der Waals surface area contributed by atoms with Crippen LogP contribution in [0.2, 0.25) is 0 Å². The smallest absolute Gasteiger partial charge is 0.444 e. The van der Waals surface area contributed by atoms with Gasteiger partial charge < -0.3 is 14.2 Å². The average molecular weight is 331 g/mol. The molecule has 0 fully saturated rings. The second-order valence-corrected chi connectivity index (χ2v) is 6.97. The first-order chi connectivity index (χ1) is 9.30. The van der Waals surface area contributed by atoms with Gasteiger partial charge in [-0.3, -0.25) is 0 Å². The van der Waals surface area contributed by atoms with Crippen LogP contribution in [0.3, 0.4) is 0 Å². The third-order valence-corrected chi connectivity index (χ3v) is 3.30. The Kier molecular flexibility index (Phi) is 4.81. The maximum atomic E-state index is 12.1. The number of alkyl halides is 3. The summed E-state index contributed by atoms with van der Waals surface area (Å²) in [4.78, 5) is 11.5. The highest BCUT2D eigenvalue weighted by Crippen LogP contribution is 2.30. The molecule has 1 rings (SSSR count). The van der Waals surface area contributed by atoms with Gasteiger partial charge in [0.25, 0.3) is 0 Å². The molecule has 6 nitrogen and oxygen atoms in total. The van der Waals surface area contributed by atoms with Crippen LogP contribution in [0.4, 0.5) is 18.0 Å². The maximum Gasteiger partial charge on any atom is 0.534 e. The molecule has 0 bridgehead atoms. The topological polar surface area (TPSA) is 81.7 Å². The van der Waals surface area contributed by atoms with Crippen LogP contribution in [0, 0.1) is 0 Å². The number of carbonyl (C=O) groups is 1. The van der Waals surface area contributed by atoms with Crippen LogP contribution in [0.5, 0.6) is 0 Å². The third-order valence-electron chi connectivity index (χ3n) is 2.30. The fourth-order valence-corrected chi connectivity index (χ4v) is 2.04. The molecule has 1 aliphatic carbocycles. The van der Waals surface area contributed by atoms with E-state index in [-0.39, 0.29) is 18.6 Å². The highest BCUT2D eigenvalue weighted by Gasteiger charge is 2.49. The normalized spacial score (nSPS) is 19.9. The molecule has 10 heteroatoms. The SMILES string of the molecule is CC(C)(C)OC(=O)NC1CC=C(OS(=O)(=O)C(F)(F)F)C1. The summed E-state index contributed by atoms with van der Waals surface area (Å²) in [6, 6.07) is -0.571. The first-order valence-electron chi connectivity index (χ1n) is 5.99. The van der Waals surface area contributed by atoms with Crippen LogP contribution in [-0.4, -0.2) is 31.7 Å². The van der Waals surface area contributed by atoms with E-state index in [1.54, 1.807) is 20.8 Å². The lowest BCUT2D eigenvalue weighted by Gasteiger charge is -2.21. The molecule has 0 saturated carbocycles. The Morgan fingerprint density at radius 2 is 1.90 bits per heavy atom. The lowest BCUT2D eigenvalue weighted by atomic mass is 10.2. The van der Waals surface area contributed by atoms with E-state index in [0.29, 0.717) is 0 Å². The Bertz CT molecular complexity index is 533. The minimum atomic E-state index is -5.67. The van der Waals surface area contributed by atoms with Crippen molar-refractivity contribution in [3.05, 3.63) is 11.8 Å². The van der Waals surface area contributed by atoms with Crippen molar-refractivity contribution in [3.63, 3.8) is 0 Å². The van der Waals surface area contributed by atoms with Crippen molar-refractivity contribution in [2.75, 3.05) is 0 Å². The number of hydrogen-bond donors (Lipinski definition) is 1. The van der Waals surface area contributed by atoms with Crippen LogP contribution < -0.4 is 5.32 Å². The standard InChI is InChI=1S/C11H16F3NO5S/c1-10(2,3)19-9(16)15-7-4-5-8(6-7)20-21(17,18)11(12,13)14/h5,7H,4,6H2,1-3H3,(H,15,16). The molecule has 1 N–H and O–H groups in total. The summed E-state index contributed by atoms with van der Waals surface area (Å²) in [5.41, 5.74) is -6.19. The zero-order valence-corrected chi connectivity index (χ0v) is 12.5. The summed E-state index contributed by atoms with van der Waals surface area (Å²) in [6.45, 7) is 4.97. The van der Waals surface area contributed by atoms with Gasteiger partial charge in [0, 0.05) is 12.5 Å². The summed E-state index contributed by atoms with van der Waals surface area (Å²) in [5.74, 6) is -0.353. The second kappa shape index (κ2) is 5.74. The van der Waals surface area contributed by atoms with Gasteiger partial charge in [0.1, 0.15) is 11.4 Å². The van der Waals surface area contributed by atoms with Gasteiger partial charge in [0.05, 0.1) is 0 Å². The molecule has 0 saturated heterocycles. The Balaban J connectivity index is 2.52. The summed E-state index contributed by atoms with van der Waals surface area (Å²) in [5, 5.41) is 2.42. The molecule has 0 aromatic carbocycles. The number of carbonyl (C=O) groups excluding carboxylic acids is 1. The van der Waals surface area contributed by atoms with Crippen LogP contribution >= 0.6 is 0 Å². The van der Waals surface area contributed by atoms with Crippen molar-refractivity contribution < 1.29 is 35.3 Å². The average Bonchev–Trinajstić information content (AvgIpc) is 2.59. The minimum Gasteiger partial charge on any atom is -0.444 e. The molecule has 0 heterocycles. The number of nitrogens with one attached hydrogen (secondary N) is 1. The van der Waals surface area contributed by atoms with Crippen molar-refractivity contribution >= 4 is 16.2 Å². The second-order valence-electron chi connectivity index (χ2n) is 5.44. The highest BCUT2D eigenvalue weighted by molar-refractivity contribution is 7.87. The van der Waals surface area contributed by atoms with Gasteiger partial charge in [0.2, 0.25) is 0 Å². The molecule has 0 aromatic heterocycles. The molecule has 0 radical (unpaired) electrons. The fraction of sp³-hybridized carbons (Fsp3) is 0.727. The quantitative estimate of drug-likeness (QED) is 0.634. The van der Waals surface area contributed by atoms with Gasteiger partial charge in [0.15, 0.2) is 0 Å². The lowest BCUT2D eigenvalue weighted by molar-refractivity contribution is -0.0523. The Labute approximate surface area is 120 Å². The highest BCUT2D eigenvalue weighted by atomic mass is 32.2. The molecule has 0 spiro atoms. The van der Waals surface area contributed by atoms with Crippen molar-refractivity contribution in [1.82, 2.24) is 5.32 Å². The summed E-state index contributed by atoms with van der Waals surface area (Å²) < 4.78 is 67.1. The van der Waals surface area contributed by atoms with Gasteiger partial charge >= 0.3 is 21.7 Å². The molecule has 1 aliphatic rings. The van der Waals surface area contributed by atoms with Crippen LogP contribution in [0.25, 0.3) is 0 Å². The molecule has 0 aromatic rings. The summed E-state index contributed by atoms with van der Waals surface area (Å²) in [7, 11) is -5.67. The van der Waals surface area contributed by atoms with Crippen molar-refractivity contribution in [2.45, 2.75) is 50.8 Å². The van der Waals surface area contributed by atoms with Gasteiger partial charge in [-0.05, 0) is 33.3 Å². The van der Waals surface area contributed by atoms with Gasteiger partial charge in [-0.15, -0.1) is 0 Å². The monoisotopic (exact) mass is 331 g/mol. The van der Waals surface area contributed by atoms with Gasteiger partial charge in [-0.1, -0.05) is 0 Å². The van der Waals surface area contributed by atoms with E-state index >= 15 is 0 Å². The summed E-state index contributed by atoms with van der Waals surface area (Å²) in [6.07, 6.45) is 0.447.